The Labute approximate surface area is 110 Å². The van der Waals surface area contributed by atoms with Gasteiger partial charge in [0.25, 0.3) is 5.92 Å². The zero-order valence-corrected chi connectivity index (χ0v) is 10.5. The van der Waals surface area contributed by atoms with Gasteiger partial charge < -0.3 is 5.32 Å². The maximum absolute atomic E-state index is 12.7. The Hall–Kier alpha value is -1.49. The van der Waals surface area contributed by atoms with E-state index in [0.717, 1.165) is 13.1 Å². The number of nitrogens with zero attached hydrogens (tertiary/aromatic N) is 1. The molecule has 1 aliphatic carbocycles. The molecule has 2 aliphatic rings. The third-order valence-corrected chi connectivity index (χ3v) is 3.77. The van der Waals surface area contributed by atoms with Crippen LogP contribution in [-0.2, 0) is 17.9 Å². The number of alkyl halides is 2. The van der Waals surface area contributed by atoms with E-state index in [4.69, 9.17) is 0 Å². The number of amides is 1. The van der Waals surface area contributed by atoms with Crippen LogP contribution in [0.4, 0.5) is 8.78 Å². The SMILES string of the molecule is O=C(CN1Cc2ccccc2C1)NCC1CC1(F)F. The molecule has 102 valence electrons. The topological polar surface area (TPSA) is 32.3 Å². The minimum Gasteiger partial charge on any atom is -0.354 e. The van der Waals surface area contributed by atoms with Gasteiger partial charge in [-0.05, 0) is 11.1 Å². The van der Waals surface area contributed by atoms with Crippen molar-refractivity contribution in [2.24, 2.45) is 5.92 Å². The fourth-order valence-electron chi connectivity index (χ4n) is 2.50. The molecule has 0 saturated heterocycles. The summed E-state index contributed by atoms with van der Waals surface area (Å²) in [5, 5.41) is 2.59. The van der Waals surface area contributed by atoms with Crippen LogP contribution in [0.25, 0.3) is 0 Å². The summed E-state index contributed by atoms with van der Waals surface area (Å²) in [5.41, 5.74) is 2.48. The van der Waals surface area contributed by atoms with Gasteiger partial charge in [-0.3, -0.25) is 9.69 Å². The molecule has 19 heavy (non-hydrogen) atoms. The van der Waals surface area contributed by atoms with E-state index in [1.54, 1.807) is 0 Å². The molecule has 1 N–H and O–H groups in total. The quantitative estimate of drug-likeness (QED) is 0.901. The van der Waals surface area contributed by atoms with Crippen LogP contribution in [0.1, 0.15) is 17.5 Å². The lowest BCUT2D eigenvalue weighted by atomic mass is 10.1. The van der Waals surface area contributed by atoms with Crippen molar-refractivity contribution in [3.05, 3.63) is 35.4 Å². The molecule has 1 unspecified atom stereocenters. The maximum atomic E-state index is 12.7. The van der Waals surface area contributed by atoms with Crippen molar-refractivity contribution >= 4 is 5.91 Å². The largest absolute Gasteiger partial charge is 0.354 e. The third kappa shape index (κ3) is 2.76. The Morgan fingerprint density at radius 2 is 1.89 bits per heavy atom. The molecule has 1 amide bonds. The Kier molecular flexibility index (Phi) is 3.01. The molecule has 0 radical (unpaired) electrons. The number of nitrogens with one attached hydrogen (secondary N) is 1. The second-order valence-corrected chi connectivity index (χ2v) is 5.38. The van der Waals surface area contributed by atoms with Gasteiger partial charge >= 0.3 is 0 Å². The minimum absolute atomic E-state index is 0.0899. The predicted octanol–water partition coefficient (Wildman–Crippen LogP) is 1.77. The molecule has 1 fully saturated rings. The number of rotatable bonds is 4. The fourth-order valence-corrected chi connectivity index (χ4v) is 2.50. The van der Waals surface area contributed by atoms with Crippen LogP contribution >= 0.6 is 0 Å². The third-order valence-electron chi connectivity index (χ3n) is 3.77. The van der Waals surface area contributed by atoms with Crippen molar-refractivity contribution in [3.63, 3.8) is 0 Å². The van der Waals surface area contributed by atoms with Gasteiger partial charge in [-0.25, -0.2) is 8.78 Å². The van der Waals surface area contributed by atoms with E-state index >= 15 is 0 Å². The highest BCUT2D eigenvalue weighted by molar-refractivity contribution is 5.78. The lowest BCUT2D eigenvalue weighted by Crippen LogP contribution is -2.36. The summed E-state index contributed by atoms with van der Waals surface area (Å²) in [4.78, 5) is 13.7. The number of carbonyl (C=O) groups is 1. The normalized spacial score (nSPS) is 24.0. The first-order valence-electron chi connectivity index (χ1n) is 6.48. The summed E-state index contributed by atoms with van der Waals surface area (Å²) < 4.78 is 25.3. The van der Waals surface area contributed by atoms with Crippen LogP contribution in [-0.4, -0.2) is 29.8 Å². The van der Waals surface area contributed by atoms with Crippen molar-refractivity contribution in [1.82, 2.24) is 10.2 Å². The molecule has 5 heteroatoms. The van der Waals surface area contributed by atoms with E-state index in [9.17, 15) is 13.6 Å². The molecular weight excluding hydrogens is 250 g/mol. The van der Waals surface area contributed by atoms with Gasteiger partial charge in [0.1, 0.15) is 0 Å². The van der Waals surface area contributed by atoms with Gasteiger partial charge in [-0.15, -0.1) is 0 Å². The summed E-state index contributed by atoms with van der Waals surface area (Å²) in [6.45, 7) is 1.87. The molecule has 0 aromatic heterocycles. The number of halogens is 2. The van der Waals surface area contributed by atoms with Crippen LogP contribution in [0.15, 0.2) is 24.3 Å². The summed E-state index contributed by atoms with van der Waals surface area (Å²) >= 11 is 0. The lowest BCUT2D eigenvalue weighted by Gasteiger charge is -2.14. The van der Waals surface area contributed by atoms with E-state index < -0.39 is 11.8 Å². The van der Waals surface area contributed by atoms with Crippen LogP contribution < -0.4 is 5.32 Å². The lowest BCUT2D eigenvalue weighted by molar-refractivity contribution is -0.122. The molecule has 3 nitrogen and oxygen atoms in total. The van der Waals surface area contributed by atoms with E-state index in [1.807, 2.05) is 17.0 Å². The summed E-state index contributed by atoms with van der Waals surface area (Å²) in [7, 11) is 0. The van der Waals surface area contributed by atoms with Crippen molar-refractivity contribution in [1.29, 1.82) is 0 Å². The molecule has 1 saturated carbocycles. The summed E-state index contributed by atoms with van der Waals surface area (Å²) in [6.07, 6.45) is -0.0948. The highest BCUT2D eigenvalue weighted by Crippen LogP contribution is 2.47. The van der Waals surface area contributed by atoms with Crippen molar-refractivity contribution in [2.45, 2.75) is 25.4 Å². The molecule has 0 spiro atoms. The van der Waals surface area contributed by atoms with E-state index in [1.165, 1.54) is 11.1 Å². The second kappa shape index (κ2) is 4.56. The molecule has 0 bridgehead atoms. The maximum Gasteiger partial charge on any atom is 0.253 e. The van der Waals surface area contributed by atoms with E-state index in [-0.39, 0.29) is 25.4 Å². The molecule has 1 heterocycles. The Bertz CT molecular complexity index is 479. The van der Waals surface area contributed by atoms with Gasteiger partial charge in [-0.1, -0.05) is 24.3 Å². The predicted molar refractivity (Wildman–Crippen MR) is 66.6 cm³/mol. The van der Waals surface area contributed by atoms with Crippen molar-refractivity contribution in [3.8, 4) is 0 Å². The number of hydrogen-bond acceptors (Lipinski definition) is 2. The first kappa shape index (κ1) is 12.5. The van der Waals surface area contributed by atoms with Crippen LogP contribution in [0.5, 0.6) is 0 Å². The average Bonchev–Trinajstić information content (AvgIpc) is 2.80. The first-order chi connectivity index (χ1) is 9.04. The fraction of sp³-hybridized carbons (Fsp3) is 0.500. The summed E-state index contributed by atoms with van der Waals surface area (Å²) in [5.74, 6) is -3.39. The average molecular weight is 266 g/mol. The molecule has 1 atom stereocenters. The highest BCUT2D eigenvalue weighted by atomic mass is 19.3. The Morgan fingerprint density at radius 1 is 1.32 bits per heavy atom. The molecule has 1 aromatic carbocycles. The molecule has 3 rings (SSSR count). The van der Waals surface area contributed by atoms with Crippen LogP contribution in [0, 0.1) is 5.92 Å². The zero-order valence-electron chi connectivity index (χ0n) is 10.5. The van der Waals surface area contributed by atoms with Gasteiger partial charge in [0.2, 0.25) is 5.91 Å². The summed E-state index contributed by atoms with van der Waals surface area (Å²) in [6, 6.07) is 8.07. The van der Waals surface area contributed by atoms with Gasteiger partial charge in [0, 0.05) is 32.0 Å². The van der Waals surface area contributed by atoms with Crippen molar-refractivity contribution in [2.75, 3.05) is 13.1 Å². The smallest absolute Gasteiger partial charge is 0.253 e. The Balaban J connectivity index is 1.44. The van der Waals surface area contributed by atoms with Gasteiger partial charge in [0.15, 0.2) is 0 Å². The first-order valence-corrected chi connectivity index (χ1v) is 6.48. The zero-order chi connectivity index (χ0) is 13.5. The standard InChI is InChI=1S/C14H16F2N2O/c15-14(16)5-12(14)6-17-13(19)9-18-7-10-3-1-2-4-11(10)8-18/h1-4,12H,5-9H2,(H,17,19). The molecular formula is C14H16F2N2O. The van der Waals surface area contributed by atoms with Gasteiger partial charge in [-0.2, -0.15) is 0 Å². The number of benzene rings is 1. The number of fused-ring (bicyclic) bond motifs is 1. The van der Waals surface area contributed by atoms with E-state index in [0.29, 0.717) is 0 Å². The Morgan fingerprint density at radius 3 is 2.42 bits per heavy atom. The van der Waals surface area contributed by atoms with Crippen molar-refractivity contribution < 1.29 is 13.6 Å². The van der Waals surface area contributed by atoms with E-state index in [2.05, 4.69) is 17.4 Å². The number of carbonyl (C=O) groups excluding carboxylic acids is 1. The van der Waals surface area contributed by atoms with Gasteiger partial charge in [0.05, 0.1) is 6.54 Å². The monoisotopic (exact) mass is 266 g/mol. The number of hydrogen-bond donors (Lipinski definition) is 1. The van der Waals surface area contributed by atoms with Crippen LogP contribution in [0.2, 0.25) is 0 Å². The second-order valence-electron chi connectivity index (χ2n) is 5.38. The highest BCUT2D eigenvalue weighted by Gasteiger charge is 2.56. The molecule has 1 aromatic rings. The minimum atomic E-state index is -2.56. The molecule has 1 aliphatic heterocycles. The van der Waals surface area contributed by atoms with Crippen LogP contribution in [0.3, 0.4) is 0 Å².